The third-order valence-corrected chi connectivity index (χ3v) is 4.57. The second-order valence-corrected chi connectivity index (χ2v) is 6.63. The van der Waals surface area contributed by atoms with Crippen LogP contribution in [0.3, 0.4) is 0 Å². The molecule has 0 spiro atoms. The molecule has 1 fully saturated rings. The van der Waals surface area contributed by atoms with Crippen LogP contribution in [-0.2, 0) is 14.9 Å². The smallest absolute Gasteiger partial charge is 0.220 e. The molecule has 2 rings (SSSR count). The van der Waals surface area contributed by atoms with Crippen molar-refractivity contribution in [1.82, 2.24) is 5.32 Å². The second kappa shape index (κ2) is 9.48. The molecule has 0 bridgehead atoms. The normalized spacial score (nSPS) is 17.9. The van der Waals surface area contributed by atoms with E-state index in [0.29, 0.717) is 32.6 Å². The van der Waals surface area contributed by atoms with Crippen molar-refractivity contribution in [2.24, 2.45) is 5.73 Å². The Bertz CT molecular complexity index is 503. The first-order chi connectivity index (χ1) is 10.5. The maximum atomic E-state index is 12.0. The van der Waals surface area contributed by atoms with Gasteiger partial charge in [0.2, 0.25) is 5.91 Å². The Labute approximate surface area is 149 Å². The van der Waals surface area contributed by atoms with Gasteiger partial charge in [-0.25, -0.2) is 0 Å². The summed E-state index contributed by atoms with van der Waals surface area (Å²) in [5.74, 6) is 0.0604. The molecule has 1 aliphatic rings. The van der Waals surface area contributed by atoms with E-state index in [-0.39, 0.29) is 29.8 Å². The largest absolute Gasteiger partial charge is 0.381 e. The molecule has 0 aliphatic carbocycles. The number of hydrogen-bond acceptors (Lipinski definition) is 3. The van der Waals surface area contributed by atoms with Crippen molar-refractivity contribution in [2.45, 2.75) is 44.1 Å². The summed E-state index contributed by atoms with van der Waals surface area (Å²) >= 11 is 6.14. The minimum atomic E-state index is -0.0901. The van der Waals surface area contributed by atoms with Crippen LogP contribution in [0.4, 0.5) is 0 Å². The summed E-state index contributed by atoms with van der Waals surface area (Å²) in [5.41, 5.74) is 6.79. The highest BCUT2D eigenvalue weighted by Crippen LogP contribution is 2.35. The van der Waals surface area contributed by atoms with Crippen LogP contribution < -0.4 is 11.1 Å². The number of carbonyl (C=O) groups is 1. The van der Waals surface area contributed by atoms with Gasteiger partial charge in [0.25, 0.3) is 0 Å². The lowest BCUT2D eigenvalue weighted by molar-refractivity contribution is -0.121. The van der Waals surface area contributed by atoms with Crippen molar-refractivity contribution in [3.05, 3.63) is 34.9 Å². The van der Waals surface area contributed by atoms with Crippen molar-refractivity contribution in [2.75, 3.05) is 19.8 Å². The van der Waals surface area contributed by atoms with E-state index in [1.807, 2.05) is 25.1 Å². The molecule has 130 valence electrons. The van der Waals surface area contributed by atoms with Crippen molar-refractivity contribution in [3.63, 3.8) is 0 Å². The lowest BCUT2D eigenvalue weighted by Crippen LogP contribution is -2.44. The lowest BCUT2D eigenvalue weighted by Gasteiger charge is -2.38. The van der Waals surface area contributed by atoms with Gasteiger partial charge in [-0.2, -0.15) is 0 Å². The van der Waals surface area contributed by atoms with Crippen molar-refractivity contribution in [1.29, 1.82) is 0 Å². The summed E-state index contributed by atoms with van der Waals surface area (Å²) in [5, 5.41) is 3.80. The Morgan fingerprint density at radius 3 is 2.74 bits per heavy atom. The fraction of sp³-hybridized carbons (Fsp3) is 0.588. The highest BCUT2D eigenvalue weighted by molar-refractivity contribution is 6.30. The number of benzene rings is 1. The summed E-state index contributed by atoms with van der Waals surface area (Å²) in [6.45, 7) is 3.96. The third kappa shape index (κ3) is 5.96. The van der Waals surface area contributed by atoms with Crippen LogP contribution >= 0.6 is 24.0 Å². The molecule has 1 aliphatic heterocycles. The minimum absolute atomic E-state index is 0. The average Bonchev–Trinajstić information content (AvgIpc) is 2.52. The Morgan fingerprint density at radius 1 is 1.43 bits per heavy atom. The van der Waals surface area contributed by atoms with Gasteiger partial charge < -0.3 is 15.8 Å². The number of amides is 1. The first-order valence-electron chi connectivity index (χ1n) is 7.88. The Balaban J connectivity index is 0.00000264. The maximum Gasteiger partial charge on any atom is 0.220 e. The third-order valence-electron chi connectivity index (χ3n) is 4.34. The van der Waals surface area contributed by atoms with Gasteiger partial charge in [-0.1, -0.05) is 23.7 Å². The Morgan fingerprint density at radius 2 is 2.13 bits per heavy atom. The SMILES string of the molecule is CC(N)CCC(=O)NCC1(c2cccc(Cl)c2)CCOCC1.Cl. The van der Waals surface area contributed by atoms with Crippen molar-refractivity contribution >= 4 is 29.9 Å². The minimum Gasteiger partial charge on any atom is -0.381 e. The molecule has 1 heterocycles. The van der Waals surface area contributed by atoms with Crippen molar-refractivity contribution < 1.29 is 9.53 Å². The van der Waals surface area contributed by atoms with Crippen LogP contribution in [0, 0.1) is 0 Å². The molecule has 0 radical (unpaired) electrons. The first kappa shape index (κ1) is 20.2. The molecule has 1 atom stereocenters. The molecular weight excluding hydrogens is 335 g/mol. The van der Waals surface area contributed by atoms with Gasteiger partial charge >= 0.3 is 0 Å². The van der Waals surface area contributed by atoms with E-state index in [0.717, 1.165) is 17.9 Å². The summed E-state index contributed by atoms with van der Waals surface area (Å²) in [4.78, 5) is 12.0. The highest BCUT2D eigenvalue weighted by Gasteiger charge is 2.34. The van der Waals surface area contributed by atoms with Crippen LogP contribution in [-0.4, -0.2) is 31.7 Å². The molecule has 23 heavy (non-hydrogen) atoms. The average molecular weight is 361 g/mol. The summed E-state index contributed by atoms with van der Waals surface area (Å²) in [6, 6.07) is 7.98. The summed E-state index contributed by atoms with van der Waals surface area (Å²) in [7, 11) is 0. The molecule has 3 N–H and O–H groups in total. The van der Waals surface area contributed by atoms with E-state index in [2.05, 4.69) is 11.4 Å². The highest BCUT2D eigenvalue weighted by atomic mass is 35.5. The molecule has 1 unspecified atom stereocenters. The maximum absolute atomic E-state index is 12.0. The number of nitrogens with one attached hydrogen (secondary N) is 1. The fourth-order valence-electron chi connectivity index (χ4n) is 2.86. The topological polar surface area (TPSA) is 64.4 Å². The first-order valence-corrected chi connectivity index (χ1v) is 8.26. The van der Waals surface area contributed by atoms with Gasteiger partial charge in [-0.15, -0.1) is 12.4 Å². The van der Waals surface area contributed by atoms with Gasteiger partial charge in [0.05, 0.1) is 0 Å². The van der Waals surface area contributed by atoms with E-state index in [4.69, 9.17) is 22.1 Å². The summed E-state index contributed by atoms with van der Waals surface area (Å²) < 4.78 is 5.50. The molecule has 0 aromatic heterocycles. The van der Waals surface area contributed by atoms with E-state index in [9.17, 15) is 4.79 Å². The molecule has 4 nitrogen and oxygen atoms in total. The van der Waals surface area contributed by atoms with E-state index >= 15 is 0 Å². The molecule has 1 aromatic rings. The van der Waals surface area contributed by atoms with E-state index in [1.165, 1.54) is 5.56 Å². The zero-order valence-corrected chi connectivity index (χ0v) is 15.1. The Kier molecular flexibility index (Phi) is 8.34. The van der Waals surface area contributed by atoms with Gasteiger partial charge in [0, 0.05) is 42.7 Å². The predicted molar refractivity (Wildman–Crippen MR) is 96.3 cm³/mol. The van der Waals surface area contributed by atoms with Gasteiger partial charge in [-0.3, -0.25) is 4.79 Å². The zero-order valence-electron chi connectivity index (χ0n) is 13.5. The van der Waals surface area contributed by atoms with Gasteiger partial charge in [-0.05, 0) is 43.9 Å². The Hall–Kier alpha value is -0.810. The molecular formula is C17H26Cl2N2O2. The zero-order chi connectivity index (χ0) is 16.0. The summed E-state index contributed by atoms with van der Waals surface area (Å²) in [6.07, 6.45) is 2.96. The number of carbonyl (C=O) groups excluding carboxylic acids is 1. The number of rotatable bonds is 6. The molecule has 0 saturated carbocycles. The lowest BCUT2D eigenvalue weighted by atomic mass is 9.74. The predicted octanol–water partition coefficient (Wildman–Crippen LogP) is 3.05. The van der Waals surface area contributed by atoms with Crippen LogP contribution in [0.2, 0.25) is 5.02 Å². The van der Waals surface area contributed by atoms with Crippen LogP contribution in [0.1, 0.15) is 38.2 Å². The van der Waals surface area contributed by atoms with E-state index in [1.54, 1.807) is 0 Å². The van der Waals surface area contributed by atoms with Crippen LogP contribution in [0.25, 0.3) is 0 Å². The molecule has 1 saturated heterocycles. The van der Waals surface area contributed by atoms with Crippen LogP contribution in [0.15, 0.2) is 24.3 Å². The fourth-order valence-corrected chi connectivity index (χ4v) is 3.05. The van der Waals surface area contributed by atoms with Crippen molar-refractivity contribution in [3.8, 4) is 0 Å². The van der Waals surface area contributed by atoms with Gasteiger partial charge in [0.1, 0.15) is 0 Å². The number of nitrogens with two attached hydrogens (primary N) is 1. The van der Waals surface area contributed by atoms with Gasteiger partial charge in [0.15, 0.2) is 0 Å². The second-order valence-electron chi connectivity index (χ2n) is 6.20. The molecule has 1 aromatic carbocycles. The van der Waals surface area contributed by atoms with Crippen LogP contribution in [0.5, 0.6) is 0 Å². The molecule has 6 heteroatoms. The number of ether oxygens (including phenoxy) is 1. The number of halogens is 2. The quantitative estimate of drug-likeness (QED) is 0.819. The standard InChI is InChI=1S/C17H25ClN2O2.ClH/c1-13(19)5-6-16(21)20-12-17(7-9-22-10-8-17)14-3-2-4-15(18)11-14;/h2-4,11,13H,5-10,12,19H2,1H3,(H,20,21);1H. The monoisotopic (exact) mass is 360 g/mol. The number of hydrogen-bond donors (Lipinski definition) is 2. The van der Waals surface area contributed by atoms with E-state index < -0.39 is 0 Å². The molecule has 1 amide bonds.